The van der Waals surface area contributed by atoms with Crippen molar-refractivity contribution in [2.45, 2.75) is 25.2 Å². The van der Waals surface area contributed by atoms with E-state index in [1.165, 1.54) is 16.9 Å². The van der Waals surface area contributed by atoms with E-state index in [1.807, 2.05) is 0 Å². The maximum absolute atomic E-state index is 14.7. The lowest BCUT2D eigenvalue weighted by atomic mass is 9.66. The molecule has 27 heavy (non-hydrogen) atoms. The highest BCUT2D eigenvalue weighted by Crippen LogP contribution is 2.57. The fourth-order valence-electron chi connectivity index (χ4n) is 4.11. The molecule has 8 nitrogen and oxygen atoms in total. The smallest absolute Gasteiger partial charge is 0.325 e. The van der Waals surface area contributed by atoms with Crippen LogP contribution >= 0.6 is 0 Å². The Hall–Kier alpha value is -3.04. The van der Waals surface area contributed by atoms with Gasteiger partial charge >= 0.3 is 5.69 Å². The molecule has 3 aromatic rings. The predicted molar refractivity (Wildman–Crippen MR) is 93.1 cm³/mol. The molecule has 0 atom stereocenters. The van der Waals surface area contributed by atoms with Crippen LogP contribution in [0.25, 0.3) is 16.9 Å². The van der Waals surface area contributed by atoms with E-state index in [0.717, 1.165) is 6.42 Å². The summed E-state index contributed by atoms with van der Waals surface area (Å²) in [5, 5.41) is 4.33. The van der Waals surface area contributed by atoms with Crippen LogP contribution in [0, 0.1) is 5.41 Å². The van der Waals surface area contributed by atoms with E-state index in [0.29, 0.717) is 24.2 Å². The van der Waals surface area contributed by atoms with Crippen LogP contribution in [0.1, 0.15) is 19.3 Å². The van der Waals surface area contributed by atoms with Gasteiger partial charge in [0.25, 0.3) is 11.5 Å². The standard InChI is InChI=1S/C17H16F2N6O2/c18-17(19)9-24(8-16(17)2-1-3-16)12-6-11(23-25-5-4-20-13(12)25)10-7-21-15(27)22-14(10)26/h4-7H,1-3,8-9H2,(H2,21,22,26,27). The van der Waals surface area contributed by atoms with E-state index < -0.39 is 22.6 Å². The van der Waals surface area contributed by atoms with Crippen molar-refractivity contribution in [3.8, 4) is 11.3 Å². The van der Waals surface area contributed by atoms with Crippen LogP contribution in [0.3, 0.4) is 0 Å². The van der Waals surface area contributed by atoms with Crippen LogP contribution in [-0.2, 0) is 0 Å². The van der Waals surface area contributed by atoms with Gasteiger partial charge in [-0.3, -0.25) is 9.78 Å². The first-order valence-corrected chi connectivity index (χ1v) is 8.68. The molecule has 0 bridgehead atoms. The second kappa shape index (κ2) is 5.24. The zero-order valence-electron chi connectivity index (χ0n) is 14.2. The molecule has 4 heterocycles. The molecule has 1 aliphatic heterocycles. The van der Waals surface area contributed by atoms with Gasteiger partial charge in [0.15, 0.2) is 5.65 Å². The summed E-state index contributed by atoms with van der Waals surface area (Å²) in [7, 11) is 0. The Bertz CT molecular complexity index is 1160. The highest BCUT2D eigenvalue weighted by Gasteiger charge is 2.62. The molecule has 3 aromatic heterocycles. The van der Waals surface area contributed by atoms with Crippen LogP contribution < -0.4 is 16.1 Å². The van der Waals surface area contributed by atoms with E-state index in [1.54, 1.807) is 17.2 Å². The molecule has 0 amide bonds. The summed E-state index contributed by atoms with van der Waals surface area (Å²) in [5.74, 6) is -2.77. The van der Waals surface area contributed by atoms with Crippen LogP contribution in [0.5, 0.6) is 0 Å². The van der Waals surface area contributed by atoms with Gasteiger partial charge in [0, 0.05) is 25.1 Å². The third-order valence-electron chi connectivity index (χ3n) is 5.75. The number of aromatic nitrogens is 5. The number of rotatable bonds is 2. The number of nitrogens with zero attached hydrogens (tertiary/aromatic N) is 4. The topological polar surface area (TPSA) is 99.2 Å². The number of nitrogens with one attached hydrogen (secondary N) is 2. The highest BCUT2D eigenvalue weighted by molar-refractivity contribution is 5.74. The second-order valence-electron chi connectivity index (χ2n) is 7.29. The molecule has 2 aliphatic rings. The van der Waals surface area contributed by atoms with Gasteiger partial charge in [0.05, 0.1) is 23.2 Å². The predicted octanol–water partition coefficient (Wildman–Crippen LogP) is 1.40. The van der Waals surface area contributed by atoms with E-state index in [9.17, 15) is 18.4 Å². The van der Waals surface area contributed by atoms with Gasteiger partial charge in [-0.2, -0.15) is 5.10 Å². The Balaban J connectivity index is 1.66. The quantitative estimate of drug-likeness (QED) is 0.706. The van der Waals surface area contributed by atoms with Gasteiger partial charge in [0.2, 0.25) is 0 Å². The van der Waals surface area contributed by atoms with Crippen LogP contribution in [0.4, 0.5) is 14.5 Å². The fourth-order valence-corrected chi connectivity index (χ4v) is 4.11. The van der Waals surface area contributed by atoms with Crippen LogP contribution in [-0.4, -0.2) is 43.6 Å². The number of fused-ring (bicyclic) bond motifs is 1. The Morgan fingerprint density at radius 1 is 1.19 bits per heavy atom. The monoisotopic (exact) mass is 374 g/mol. The maximum atomic E-state index is 14.7. The average Bonchev–Trinajstić information content (AvgIpc) is 3.14. The second-order valence-corrected chi connectivity index (χ2v) is 7.29. The molecule has 0 unspecified atom stereocenters. The van der Waals surface area contributed by atoms with Gasteiger partial charge < -0.3 is 9.88 Å². The minimum atomic E-state index is -2.77. The Labute approximate surface area is 150 Å². The number of aromatic amines is 2. The van der Waals surface area contributed by atoms with Crippen molar-refractivity contribution in [3.63, 3.8) is 0 Å². The molecule has 1 aliphatic carbocycles. The first-order valence-electron chi connectivity index (χ1n) is 8.68. The first-order chi connectivity index (χ1) is 12.9. The van der Waals surface area contributed by atoms with Gasteiger partial charge in [-0.25, -0.2) is 23.1 Å². The number of H-pyrrole nitrogens is 2. The summed E-state index contributed by atoms with van der Waals surface area (Å²) < 4.78 is 30.8. The van der Waals surface area contributed by atoms with E-state index >= 15 is 0 Å². The van der Waals surface area contributed by atoms with Gasteiger partial charge in [-0.1, -0.05) is 6.42 Å². The largest absolute Gasteiger partial charge is 0.362 e. The van der Waals surface area contributed by atoms with Gasteiger partial charge in [-0.15, -0.1) is 0 Å². The summed E-state index contributed by atoms with van der Waals surface area (Å²) in [6.07, 6.45) is 6.23. The number of imidazole rings is 1. The lowest BCUT2D eigenvalue weighted by Gasteiger charge is -2.41. The third-order valence-corrected chi connectivity index (χ3v) is 5.75. The molecule has 2 N–H and O–H groups in total. The molecule has 1 saturated carbocycles. The van der Waals surface area contributed by atoms with Crippen molar-refractivity contribution in [1.82, 2.24) is 24.6 Å². The van der Waals surface area contributed by atoms with E-state index in [4.69, 9.17) is 0 Å². The van der Waals surface area contributed by atoms with Crippen LogP contribution in [0.15, 0.2) is 34.2 Å². The van der Waals surface area contributed by atoms with Crippen molar-refractivity contribution in [1.29, 1.82) is 0 Å². The number of hydrogen-bond acceptors (Lipinski definition) is 5. The highest BCUT2D eigenvalue weighted by atomic mass is 19.3. The zero-order valence-corrected chi connectivity index (χ0v) is 14.2. The Kier molecular flexibility index (Phi) is 3.14. The van der Waals surface area contributed by atoms with E-state index in [2.05, 4.69) is 20.1 Å². The molecule has 1 spiro atoms. The minimum Gasteiger partial charge on any atom is -0.362 e. The molecule has 5 rings (SSSR count). The van der Waals surface area contributed by atoms with Crippen LogP contribution in [0.2, 0.25) is 0 Å². The normalized spacial score (nSPS) is 20.3. The van der Waals surface area contributed by atoms with Crippen molar-refractivity contribution in [3.05, 3.63) is 45.5 Å². The average molecular weight is 374 g/mol. The molecule has 0 aromatic carbocycles. The molecule has 2 fully saturated rings. The maximum Gasteiger partial charge on any atom is 0.325 e. The zero-order chi connectivity index (χ0) is 18.8. The van der Waals surface area contributed by atoms with E-state index in [-0.39, 0.29) is 24.3 Å². The summed E-state index contributed by atoms with van der Waals surface area (Å²) in [6.45, 7) is -0.144. The molecule has 0 radical (unpaired) electrons. The van der Waals surface area contributed by atoms with Crippen molar-refractivity contribution in [2.24, 2.45) is 5.41 Å². The minimum absolute atomic E-state index is 0.149. The van der Waals surface area contributed by atoms with Crippen molar-refractivity contribution in [2.75, 3.05) is 18.0 Å². The molecular weight excluding hydrogens is 358 g/mol. The van der Waals surface area contributed by atoms with Crippen molar-refractivity contribution >= 4 is 11.3 Å². The van der Waals surface area contributed by atoms with Gasteiger partial charge in [-0.05, 0) is 18.9 Å². The SMILES string of the molecule is O=c1[nH]cc(-c2cc(N3CC(F)(F)C4(CCC4)C3)c3nccn3n2)c(=O)[nH]1. The number of halogens is 2. The summed E-state index contributed by atoms with van der Waals surface area (Å²) in [4.78, 5) is 33.8. The first kappa shape index (κ1) is 16.2. The summed E-state index contributed by atoms with van der Waals surface area (Å²) in [5.41, 5.74) is -0.833. The lowest BCUT2D eigenvalue weighted by Crippen LogP contribution is -2.45. The van der Waals surface area contributed by atoms with Crippen molar-refractivity contribution < 1.29 is 8.78 Å². The lowest BCUT2D eigenvalue weighted by molar-refractivity contribution is -0.122. The molecule has 10 heteroatoms. The number of anilines is 1. The molecular formula is C17H16F2N6O2. The Morgan fingerprint density at radius 3 is 2.67 bits per heavy atom. The number of hydrogen-bond donors (Lipinski definition) is 2. The summed E-state index contributed by atoms with van der Waals surface area (Å²) in [6, 6.07) is 1.58. The Morgan fingerprint density at radius 2 is 2.00 bits per heavy atom. The molecule has 140 valence electrons. The fraction of sp³-hybridized carbons (Fsp3) is 0.412. The summed E-state index contributed by atoms with van der Waals surface area (Å²) >= 11 is 0. The third kappa shape index (κ3) is 2.25. The number of alkyl halides is 2. The van der Waals surface area contributed by atoms with Gasteiger partial charge in [0.1, 0.15) is 5.69 Å². The molecule has 1 saturated heterocycles.